The molecule has 1 aromatic heterocycles. The highest BCUT2D eigenvalue weighted by atomic mass is 35.5. The number of aromatic nitrogens is 2. The molecule has 3 aromatic rings. The predicted octanol–water partition coefficient (Wildman–Crippen LogP) is 3.98. The van der Waals surface area contributed by atoms with Crippen LogP contribution in [0, 0.1) is 18.3 Å². The van der Waals surface area contributed by atoms with Gasteiger partial charge in [0, 0.05) is 22.6 Å². The molecule has 124 valence electrons. The number of aromatic amines is 1. The molecule has 25 heavy (non-hydrogen) atoms. The average molecular weight is 352 g/mol. The van der Waals surface area contributed by atoms with Crippen LogP contribution in [0.5, 0.6) is 0 Å². The number of benzene rings is 2. The SMILES string of the molecule is Cc1ccc(Cl)cc1NC(=O)/C(C#N)=C\Nc1ccc2nc[nH]c2c1. The van der Waals surface area contributed by atoms with Crippen LogP contribution in [0.1, 0.15) is 5.56 Å². The van der Waals surface area contributed by atoms with Crippen LogP contribution in [0.3, 0.4) is 0 Å². The van der Waals surface area contributed by atoms with Crippen LogP contribution in [0.25, 0.3) is 11.0 Å². The predicted molar refractivity (Wildman–Crippen MR) is 98.2 cm³/mol. The van der Waals surface area contributed by atoms with Gasteiger partial charge in [-0.3, -0.25) is 4.79 Å². The van der Waals surface area contributed by atoms with E-state index in [4.69, 9.17) is 11.6 Å². The highest BCUT2D eigenvalue weighted by Gasteiger charge is 2.11. The minimum absolute atomic E-state index is 0.0518. The standard InChI is InChI=1S/C18H14ClN5O/c1-11-2-3-13(19)6-16(11)24-18(25)12(8-20)9-21-14-4-5-15-17(7-14)23-10-22-15/h2-7,9-10,21H,1H3,(H,22,23)(H,24,25)/b12-9-. The van der Waals surface area contributed by atoms with Gasteiger partial charge in [0.2, 0.25) is 0 Å². The number of amides is 1. The Kier molecular flexibility index (Phi) is 4.68. The van der Waals surface area contributed by atoms with Crippen molar-refractivity contribution in [2.24, 2.45) is 0 Å². The number of H-pyrrole nitrogens is 1. The minimum atomic E-state index is -0.511. The number of nitrogens with one attached hydrogen (secondary N) is 3. The Labute approximate surface area is 149 Å². The maximum Gasteiger partial charge on any atom is 0.267 e. The van der Waals surface area contributed by atoms with Crippen LogP contribution in [-0.2, 0) is 4.79 Å². The van der Waals surface area contributed by atoms with Gasteiger partial charge in [0.15, 0.2) is 0 Å². The number of hydrogen-bond acceptors (Lipinski definition) is 4. The van der Waals surface area contributed by atoms with Crippen molar-refractivity contribution in [2.75, 3.05) is 10.6 Å². The van der Waals surface area contributed by atoms with Crippen molar-refractivity contribution in [2.45, 2.75) is 6.92 Å². The number of halogens is 1. The Balaban J connectivity index is 1.76. The number of fused-ring (bicyclic) bond motifs is 1. The first-order valence-electron chi connectivity index (χ1n) is 7.44. The fraction of sp³-hybridized carbons (Fsp3) is 0.0556. The summed E-state index contributed by atoms with van der Waals surface area (Å²) in [5.74, 6) is -0.511. The lowest BCUT2D eigenvalue weighted by Crippen LogP contribution is -2.15. The first kappa shape index (κ1) is 16.6. The fourth-order valence-corrected chi connectivity index (χ4v) is 2.42. The van der Waals surface area contributed by atoms with Gasteiger partial charge in [0.05, 0.1) is 17.4 Å². The summed E-state index contributed by atoms with van der Waals surface area (Å²) in [6.45, 7) is 1.85. The topological polar surface area (TPSA) is 93.6 Å². The number of anilines is 2. The molecule has 1 heterocycles. The number of carbonyl (C=O) groups is 1. The van der Waals surface area contributed by atoms with Crippen molar-refractivity contribution >= 4 is 39.9 Å². The van der Waals surface area contributed by atoms with E-state index in [1.807, 2.05) is 31.2 Å². The van der Waals surface area contributed by atoms with Crippen LogP contribution in [0.2, 0.25) is 5.02 Å². The van der Waals surface area contributed by atoms with Gasteiger partial charge in [0.25, 0.3) is 5.91 Å². The third-order valence-corrected chi connectivity index (χ3v) is 3.85. The third-order valence-electron chi connectivity index (χ3n) is 3.62. The molecule has 0 saturated heterocycles. The lowest BCUT2D eigenvalue weighted by molar-refractivity contribution is -0.112. The molecule has 0 bridgehead atoms. The first-order valence-corrected chi connectivity index (χ1v) is 7.82. The Morgan fingerprint density at radius 1 is 1.32 bits per heavy atom. The molecule has 7 heteroatoms. The molecule has 0 aliphatic carbocycles. The van der Waals surface area contributed by atoms with Gasteiger partial charge in [-0.2, -0.15) is 5.26 Å². The number of aryl methyl sites for hydroxylation is 1. The molecule has 3 rings (SSSR count). The molecule has 0 saturated carbocycles. The molecule has 0 fully saturated rings. The molecule has 0 atom stereocenters. The van der Waals surface area contributed by atoms with Crippen LogP contribution >= 0.6 is 11.6 Å². The molecular formula is C18H14ClN5O. The summed E-state index contributed by atoms with van der Waals surface area (Å²) in [5.41, 5.74) is 3.80. The number of nitrogens with zero attached hydrogens (tertiary/aromatic N) is 2. The van der Waals surface area contributed by atoms with E-state index in [1.165, 1.54) is 6.20 Å². The number of rotatable bonds is 4. The highest BCUT2D eigenvalue weighted by Crippen LogP contribution is 2.21. The van der Waals surface area contributed by atoms with Crippen molar-refractivity contribution in [3.63, 3.8) is 0 Å². The van der Waals surface area contributed by atoms with E-state index in [2.05, 4.69) is 20.6 Å². The molecule has 2 aromatic carbocycles. The largest absolute Gasteiger partial charge is 0.360 e. The average Bonchev–Trinajstić information content (AvgIpc) is 3.06. The minimum Gasteiger partial charge on any atom is -0.360 e. The molecule has 0 unspecified atom stereocenters. The summed E-state index contributed by atoms with van der Waals surface area (Å²) in [6, 6.07) is 12.6. The molecule has 6 nitrogen and oxygen atoms in total. The van der Waals surface area contributed by atoms with Gasteiger partial charge in [-0.1, -0.05) is 17.7 Å². The lowest BCUT2D eigenvalue weighted by atomic mass is 10.2. The summed E-state index contributed by atoms with van der Waals surface area (Å²) in [4.78, 5) is 19.4. The molecule has 1 amide bonds. The second-order valence-electron chi connectivity index (χ2n) is 5.36. The van der Waals surface area contributed by atoms with Crippen LogP contribution < -0.4 is 10.6 Å². The molecule has 3 N–H and O–H groups in total. The van der Waals surface area contributed by atoms with Gasteiger partial charge in [-0.05, 0) is 42.8 Å². The van der Waals surface area contributed by atoms with E-state index in [9.17, 15) is 10.1 Å². The Morgan fingerprint density at radius 3 is 2.96 bits per heavy atom. The van der Waals surface area contributed by atoms with Crippen molar-refractivity contribution in [1.29, 1.82) is 5.26 Å². The van der Waals surface area contributed by atoms with Crippen molar-refractivity contribution in [3.05, 3.63) is 65.1 Å². The van der Waals surface area contributed by atoms with E-state index < -0.39 is 5.91 Å². The second kappa shape index (κ2) is 7.07. The van der Waals surface area contributed by atoms with Crippen molar-refractivity contribution in [3.8, 4) is 6.07 Å². The van der Waals surface area contributed by atoms with Gasteiger partial charge >= 0.3 is 0 Å². The number of imidazole rings is 1. The zero-order chi connectivity index (χ0) is 17.8. The zero-order valence-corrected chi connectivity index (χ0v) is 14.1. The quantitative estimate of drug-likeness (QED) is 0.489. The maximum absolute atomic E-state index is 12.3. The van der Waals surface area contributed by atoms with E-state index in [1.54, 1.807) is 24.5 Å². The normalized spacial score (nSPS) is 11.2. The Hall–Kier alpha value is -3.30. The monoisotopic (exact) mass is 351 g/mol. The van der Waals surface area contributed by atoms with Gasteiger partial charge in [-0.25, -0.2) is 4.98 Å². The third kappa shape index (κ3) is 3.79. The Morgan fingerprint density at radius 2 is 2.16 bits per heavy atom. The fourth-order valence-electron chi connectivity index (χ4n) is 2.25. The van der Waals surface area contributed by atoms with Crippen molar-refractivity contribution < 1.29 is 4.79 Å². The van der Waals surface area contributed by atoms with Crippen molar-refractivity contribution in [1.82, 2.24) is 9.97 Å². The van der Waals surface area contributed by atoms with Gasteiger partial charge in [0.1, 0.15) is 11.6 Å². The number of hydrogen-bond donors (Lipinski definition) is 3. The summed E-state index contributed by atoms with van der Waals surface area (Å²) in [6.07, 6.45) is 2.97. The van der Waals surface area contributed by atoms with Gasteiger partial charge in [-0.15, -0.1) is 0 Å². The smallest absolute Gasteiger partial charge is 0.267 e. The summed E-state index contributed by atoms with van der Waals surface area (Å²) < 4.78 is 0. The zero-order valence-electron chi connectivity index (χ0n) is 13.3. The molecule has 0 aliphatic rings. The second-order valence-corrected chi connectivity index (χ2v) is 5.80. The summed E-state index contributed by atoms with van der Waals surface area (Å²) in [7, 11) is 0. The molecule has 0 spiro atoms. The van der Waals surface area contributed by atoms with E-state index >= 15 is 0 Å². The highest BCUT2D eigenvalue weighted by molar-refractivity contribution is 6.31. The van der Waals surface area contributed by atoms with E-state index in [0.717, 1.165) is 22.3 Å². The van der Waals surface area contributed by atoms with Crippen LogP contribution in [0.15, 0.2) is 54.5 Å². The van der Waals surface area contributed by atoms with Gasteiger partial charge < -0.3 is 15.6 Å². The first-order chi connectivity index (χ1) is 12.1. The number of nitriles is 1. The van der Waals surface area contributed by atoms with Crippen LogP contribution in [-0.4, -0.2) is 15.9 Å². The van der Waals surface area contributed by atoms with E-state index in [0.29, 0.717) is 10.7 Å². The van der Waals surface area contributed by atoms with Crippen LogP contribution in [0.4, 0.5) is 11.4 Å². The molecule has 0 radical (unpaired) electrons. The van der Waals surface area contributed by atoms with E-state index in [-0.39, 0.29) is 5.57 Å². The lowest BCUT2D eigenvalue weighted by Gasteiger charge is -2.08. The Bertz CT molecular complexity index is 1020. The maximum atomic E-state index is 12.3. The summed E-state index contributed by atoms with van der Waals surface area (Å²) >= 11 is 5.94. The molecular weight excluding hydrogens is 338 g/mol. The number of carbonyl (C=O) groups excluding carboxylic acids is 1. The summed E-state index contributed by atoms with van der Waals surface area (Å²) in [5, 5.41) is 15.4. The molecule has 0 aliphatic heterocycles.